The molecule has 8 heteroatoms. The van der Waals surface area contributed by atoms with Crippen LogP contribution in [0.1, 0.15) is 0 Å². The molecule has 20 heavy (non-hydrogen) atoms. The van der Waals surface area contributed by atoms with Crippen LogP contribution in [0.5, 0.6) is 17.2 Å². The molecule has 0 atom stereocenters. The average Bonchev–Trinajstić information content (AvgIpc) is 2.45. The number of methoxy groups -OCH3 is 3. The van der Waals surface area contributed by atoms with Gasteiger partial charge in [0.2, 0.25) is 5.75 Å². The Morgan fingerprint density at radius 3 is 2.10 bits per heavy atom. The number of hydrogen-bond acceptors (Lipinski definition) is 6. The second-order valence-electron chi connectivity index (χ2n) is 3.73. The monoisotopic (exact) mass is 279 g/mol. The minimum Gasteiger partial charge on any atom is -0.493 e. The van der Waals surface area contributed by atoms with E-state index in [1.807, 2.05) is 0 Å². The molecule has 0 saturated heterocycles. The Balaban J connectivity index is 2.69. The Labute approximate surface area is 113 Å². The average molecular weight is 279 g/mol. The lowest BCUT2D eigenvalue weighted by Crippen LogP contribution is -2.30. The molecule has 0 aliphatic carbocycles. The molecule has 1 aromatic carbocycles. The van der Waals surface area contributed by atoms with Crippen LogP contribution in [0.15, 0.2) is 27.9 Å². The predicted octanol–water partition coefficient (Wildman–Crippen LogP) is -0.0534. The lowest BCUT2D eigenvalue weighted by molar-refractivity contribution is 0.324. The molecule has 1 N–H and O–H groups in total. The van der Waals surface area contributed by atoms with Crippen molar-refractivity contribution in [1.29, 1.82) is 0 Å². The zero-order valence-electron chi connectivity index (χ0n) is 11.2. The molecule has 8 nitrogen and oxygen atoms in total. The maximum Gasteiger partial charge on any atom is 0.349 e. The minimum absolute atomic E-state index is 0.376. The molecule has 0 fully saturated rings. The van der Waals surface area contributed by atoms with Crippen LogP contribution in [0.25, 0.3) is 5.69 Å². The van der Waals surface area contributed by atoms with Crippen molar-refractivity contribution < 1.29 is 14.2 Å². The van der Waals surface area contributed by atoms with E-state index in [0.29, 0.717) is 22.9 Å². The number of ether oxygens (including phenoxy) is 3. The molecular weight excluding hydrogens is 266 g/mol. The summed E-state index contributed by atoms with van der Waals surface area (Å²) in [6, 6.07) is 3.10. The van der Waals surface area contributed by atoms with Crippen LogP contribution in [0, 0.1) is 0 Å². The van der Waals surface area contributed by atoms with Gasteiger partial charge in [0.25, 0.3) is 5.56 Å². The topological polar surface area (TPSA) is 95.4 Å². The molecular formula is C12H13N3O5. The summed E-state index contributed by atoms with van der Waals surface area (Å²) in [6.45, 7) is 0. The van der Waals surface area contributed by atoms with Crippen LogP contribution >= 0.6 is 0 Å². The SMILES string of the molecule is COc1cc(-n2ncc(=O)[nH]c2=O)cc(OC)c1OC. The van der Waals surface area contributed by atoms with E-state index in [9.17, 15) is 9.59 Å². The van der Waals surface area contributed by atoms with Crippen molar-refractivity contribution in [2.45, 2.75) is 0 Å². The molecule has 0 amide bonds. The number of H-pyrrole nitrogens is 1. The standard InChI is InChI=1S/C12H13N3O5/c1-18-8-4-7(5-9(19-2)11(8)20-3)15-12(17)14-10(16)6-13-15/h4-6H,1-3H3,(H,14,16,17). The highest BCUT2D eigenvalue weighted by molar-refractivity contribution is 5.57. The van der Waals surface area contributed by atoms with E-state index < -0.39 is 11.2 Å². The van der Waals surface area contributed by atoms with Crippen molar-refractivity contribution >= 4 is 0 Å². The quantitative estimate of drug-likeness (QED) is 0.842. The molecule has 1 heterocycles. The van der Waals surface area contributed by atoms with Gasteiger partial charge >= 0.3 is 5.69 Å². The maximum atomic E-state index is 11.7. The van der Waals surface area contributed by atoms with Crippen LogP contribution in [0.3, 0.4) is 0 Å². The fraction of sp³-hybridized carbons (Fsp3) is 0.250. The van der Waals surface area contributed by atoms with Crippen LogP contribution < -0.4 is 25.5 Å². The Morgan fingerprint density at radius 1 is 1.05 bits per heavy atom. The Bertz CT molecular complexity index is 709. The first-order valence-electron chi connectivity index (χ1n) is 5.59. The highest BCUT2D eigenvalue weighted by atomic mass is 16.5. The van der Waals surface area contributed by atoms with Gasteiger partial charge < -0.3 is 14.2 Å². The zero-order valence-corrected chi connectivity index (χ0v) is 11.2. The van der Waals surface area contributed by atoms with E-state index >= 15 is 0 Å². The van der Waals surface area contributed by atoms with Gasteiger partial charge in [-0.05, 0) is 0 Å². The summed E-state index contributed by atoms with van der Waals surface area (Å²) in [5.74, 6) is 1.15. The number of benzene rings is 1. The lowest BCUT2D eigenvalue weighted by Gasteiger charge is -2.14. The van der Waals surface area contributed by atoms with Gasteiger partial charge in [-0.25, -0.2) is 4.79 Å². The van der Waals surface area contributed by atoms with Gasteiger partial charge in [0, 0.05) is 12.1 Å². The van der Waals surface area contributed by atoms with Gasteiger partial charge in [0.15, 0.2) is 11.5 Å². The second-order valence-corrected chi connectivity index (χ2v) is 3.73. The fourth-order valence-corrected chi connectivity index (χ4v) is 1.73. The van der Waals surface area contributed by atoms with Crippen molar-refractivity contribution in [3.63, 3.8) is 0 Å². The summed E-state index contributed by atoms with van der Waals surface area (Å²) in [6.07, 6.45) is 1.00. The number of aromatic nitrogens is 3. The normalized spacial score (nSPS) is 10.2. The van der Waals surface area contributed by atoms with Gasteiger partial charge in [0.05, 0.1) is 27.0 Å². The van der Waals surface area contributed by atoms with Gasteiger partial charge in [-0.15, -0.1) is 0 Å². The van der Waals surface area contributed by atoms with Gasteiger partial charge in [-0.3, -0.25) is 9.78 Å². The Morgan fingerprint density at radius 2 is 1.65 bits per heavy atom. The van der Waals surface area contributed by atoms with Gasteiger partial charge in [-0.2, -0.15) is 9.78 Å². The molecule has 0 unspecified atom stereocenters. The number of rotatable bonds is 4. The molecule has 0 saturated carbocycles. The van der Waals surface area contributed by atoms with E-state index in [1.54, 1.807) is 12.1 Å². The summed E-state index contributed by atoms with van der Waals surface area (Å²) in [7, 11) is 4.40. The van der Waals surface area contributed by atoms with Crippen molar-refractivity contribution in [2.24, 2.45) is 0 Å². The van der Waals surface area contributed by atoms with E-state index in [2.05, 4.69) is 10.1 Å². The minimum atomic E-state index is -0.660. The molecule has 106 valence electrons. The Hall–Kier alpha value is -2.77. The number of nitrogens with one attached hydrogen (secondary N) is 1. The predicted molar refractivity (Wildman–Crippen MR) is 70.1 cm³/mol. The van der Waals surface area contributed by atoms with Crippen LogP contribution in [-0.2, 0) is 0 Å². The summed E-state index contributed by atoms with van der Waals surface area (Å²) >= 11 is 0. The van der Waals surface area contributed by atoms with Gasteiger partial charge in [0.1, 0.15) is 6.20 Å². The molecule has 2 aromatic rings. The summed E-state index contributed by atoms with van der Waals surface area (Å²) in [5, 5.41) is 3.76. The molecule has 2 rings (SSSR count). The molecule has 0 bridgehead atoms. The highest BCUT2D eigenvalue weighted by Crippen LogP contribution is 2.38. The number of nitrogens with zero attached hydrogens (tertiary/aromatic N) is 2. The first-order valence-corrected chi connectivity index (χ1v) is 5.59. The molecule has 0 radical (unpaired) electrons. The van der Waals surface area contributed by atoms with Crippen LogP contribution in [0.2, 0.25) is 0 Å². The van der Waals surface area contributed by atoms with E-state index in [-0.39, 0.29) is 0 Å². The molecule has 0 spiro atoms. The molecule has 0 aliphatic rings. The first kappa shape index (κ1) is 13.7. The summed E-state index contributed by atoms with van der Waals surface area (Å²) in [5.41, 5.74) is -0.855. The van der Waals surface area contributed by atoms with Crippen molar-refractivity contribution in [3.05, 3.63) is 39.2 Å². The van der Waals surface area contributed by atoms with Crippen molar-refractivity contribution in [3.8, 4) is 22.9 Å². The largest absolute Gasteiger partial charge is 0.493 e. The molecule has 1 aromatic heterocycles. The second kappa shape index (κ2) is 5.47. The van der Waals surface area contributed by atoms with Crippen LogP contribution in [0.4, 0.5) is 0 Å². The van der Waals surface area contributed by atoms with Crippen molar-refractivity contribution in [2.75, 3.05) is 21.3 Å². The highest BCUT2D eigenvalue weighted by Gasteiger charge is 2.15. The zero-order chi connectivity index (χ0) is 14.7. The van der Waals surface area contributed by atoms with Gasteiger partial charge in [-0.1, -0.05) is 0 Å². The Kier molecular flexibility index (Phi) is 3.74. The third-order valence-corrected chi connectivity index (χ3v) is 2.61. The summed E-state index contributed by atoms with van der Waals surface area (Å²) in [4.78, 5) is 24.9. The first-order chi connectivity index (χ1) is 9.60. The number of hydrogen-bond donors (Lipinski definition) is 1. The van der Waals surface area contributed by atoms with Crippen molar-refractivity contribution in [1.82, 2.24) is 14.8 Å². The van der Waals surface area contributed by atoms with E-state index in [0.717, 1.165) is 10.9 Å². The smallest absolute Gasteiger partial charge is 0.349 e. The third kappa shape index (κ3) is 2.35. The fourth-order valence-electron chi connectivity index (χ4n) is 1.73. The van der Waals surface area contributed by atoms with E-state index in [1.165, 1.54) is 21.3 Å². The van der Waals surface area contributed by atoms with Crippen LogP contribution in [-0.4, -0.2) is 36.1 Å². The molecule has 0 aliphatic heterocycles. The maximum absolute atomic E-state index is 11.7. The summed E-state index contributed by atoms with van der Waals surface area (Å²) < 4.78 is 16.6. The number of aromatic amines is 1. The third-order valence-electron chi connectivity index (χ3n) is 2.61. The van der Waals surface area contributed by atoms with E-state index in [4.69, 9.17) is 14.2 Å². The lowest BCUT2D eigenvalue weighted by atomic mass is 10.2.